The summed E-state index contributed by atoms with van der Waals surface area (Å²) >= 11 is 6.14. The third kappa shape index (κ3) is 4.28. The standard InChI is InChI=1S/C18H19ClF2N4O2/c1-25-15(4-5-23-25)12-8-16(27-17(12)19)18(26)24-11(9-22)6-10-2-3-13(20)14(21)7-10/h2-3,5,7-8,11,15H,4,6,9,22H2,1H3,(H,24,26)/t11-,15?/m0/s1. The van der Waals surface area contributed by atoms with Gasteiger partial charge in [0.05, 0.1) is 6.04 Å². The topological polar surface area (TPSA) is 83.9 Å². The Hall–Kier alpha value is -2.45. The van der Waals surface area contributed by atoms with Gasteiger partial charge in [-0.15, -0.1) is 0 Å². The Kier molecular flexibility index (Phi) is 5.76. The van der Waals surface area contributed by atoms with Crippen molar-refractivity contribution in [2.45, 2.75) is 24.9 Å². The van der Waals surface area contributed by atoms with E-state index in [9.17, 15) is 13.6 Å². The van der Waals surface area contributed by atoms with E-state index < -0.39 is 23.6 Å². The van der Waals surface area contributed by atoms with Gasteiger partial charge in [0, 0.05) is 37.8 Å². The summed E-state index contributed by atoms with van der Waals surface area (Å²) in [4.78, 5) is 12.5. The van der Waals surface area contributed by atoms with Crippen LogP contribution in [0.25, 0.3) is 0 Å². The lowest BCUT2D eigenvalue weighted by Gasteiger charge is -2.17. The molecule has 0 saturated heterocycles. The number of nitrogens with one attached hydrogen (secondary N) is 1. The molecule has 27 heavy (non-hydrogen) atoms. The smallest absolute Gasteiger partial charge is 0.287 e. The minimum absolute atomic E-state index is 0.0547. The van der Waals surface area contributed by atoms with Gasteiger partial charge in [-0.25, -0.2) is 8.78 Å². The van der Waals surface area contributed by atoms with Gasteiger partial charge < -0.3 is 15.5 Å². The quantitative estimate of drug-likeness (QED) is 0.786. The SMILES string of the molecule is CN1N=CCC1c1cc(C(=O)N[C@H](CN)Cc2ccc(F)c(F)c2)oc1Cl. The molecule has 6 nitrogen and oxygen atoms in total. The lowest BCUT2D eigenvalue weighted by atomic mass is 10.1. The molecule has 1 aromatic heterocycles. The zero-order chi connectivity index (χ0) is 19.6. The number of nitrogens with two attached hydrogens (primary N) is 1. The molecule has 0 spiro atoms. The molecule has 0 radical (unpaired) electrons. The maximum Gasteiger partial charge on any atom is 0.287 e. The lowest BCUT2D eigenvalue weighted by molar-refractivity contribution is 0.0910. The van der Waals surface area contributed by atoms with E-state index in [0.29, 0.717) is 17.5 Å². The largest absolute Gasteiger partial charge is 0.439 e. The maximum absolute atomic E-state index is 13.4. The summed E-state index contributed by atoms with van der Waals surface area (Å²) in [6.45, 7) is 0.116. The first-order valence-corrected chi connectivity index (χ1v) is 8.76. The normalized spacial score (nSPS) is 17.4. The Labute approximate surface area is 160 Å². The summed E-state index contributed by atoms with van der Waals surface area (Å²) in [7, 11) is 1.81. The van der Waals surface area contributed by atoms with Crippen molar-refractivity contribution < 1.29 is 18.0 Å². The number of hydrazone groups is 1. The van der Waals surface area contributed by atoms with Gasteiger partial charge in [-0.3, -0.25) is 9.80 Å². The van der Waals surface area contributed by atoms with Crippen LogP contribution in [-0.2, 0) is 6.42 Å². The van der Waals surface area contributed by atoms with Crippen LogP contribution in [0.1, 0.15) is 34.1 Å². The summed E-state index contributed by atoms with van der Waals surface area (Å²) < 4.78 is 31.8. The number of nitrogens with zero attached hydrogens (tertiary/aromatic N) is 2. The van der Waals surface area contributed by atoms with Crippen LogP contribution in [0.5, 0.6) is 0 Å². The number of hydrogen-bond acceptors (Lipinski definition) is 5. The minimum atomic E-state index is -0.944. The number of hydrogen-bond donors (Lipinski definition) is 2. The third-order valence-corrected chi connectivity index (χ3v) is 4.72. The minimum Gasteiger partial charge on any atom is -0.439 e. The average molecular weight is 397 g/mol. The van der Waals surface area contributed by atoms with Crippen LogP contribution in [-0.4, -0.2) is 36.8 Å². The highest BCUT2D eigenvalue weighted by molar-refractivity contribution is 6.30. The predicted molar refractivity (Wildman–Crippen MR) is 97.7 cm³/mol. The van der Waals surface area contributed by atoms with Crippen LogP contribution in [0.4, 0.5) is 8.78 Å². The molecule has 0 saturated carbocycles. The Morgan fingerprint density at radius 2 is 2.22 bits per heavy atom. The second-order valence-electron chi connectivity index (χ2n) is 6.32. The first-order valence-electron chi connectivity index (χ1n) is 8.38. The number of benzene rings is 1. The fourth-order valence-electron chi connectivity index (χ4n) is 2.96. The van der Waals surface area contributed by atoms with Crippen molar-refractivity contribution in [3.8, 4) is 0 Å². The van der Waals surface area contributed by atoms with Crippen LogP contribution < -0.4 is 11.1 Å². The first kappa shape index (κ1) is 19.3. The highest BCUT2D eigenvalue weighted by atomic mass is 35.5. The van der Waals surface area contributed by atoms with E-state index in [1.165, 1.54) is 6.07 Å². The van der Waals surface area contributed by atoms with Crippen molar-refractivity contribution in [2.24, 2.45) is 10.8 Å². The van der Waals surface area contributed by atoms with Crippen LogP contribution in [0.15, 0.2) is 33.8 Å². The monoisotopic (exact) mass is 396 g/mol. The number of rotatable bonds is 6. The average Bonchev–Trinajstić information content (AvgIpc) is 3.22. The molecule has 9 heteroatoms. The molecule has 1 aromatic carbocycles. The van der Waals surface area contributed by atoms with Gasteiger partial charge in [0.2, 0.25) is 0 Å². The Morgan fingerprint density at radius 1 is 1.44 bits per heavy atom. The molecule has 0 aliphatic carbocycles. The molecule has 1 aliphatic rings. The molecule has 1 amide bonds. The van der Waals surface area contributed by atoms with E-state index in [-0.39, 0.29) is 30.0 Å². The first-order chi connectivity index (χ1) is 12.9. The molecule has 144 valence electrons. The number of carbonyl (C=O) groups is 1. The van der Waals surface area contributed by atoms with Crippen molar-refractivity contribution in [3.05, 3.63) is 58.0 Å². The summed E-state index contributed by atoms with van der Waals surface area (Å²) in [5.41, 5.74) is 6.90. The second-order valence-corrected chi connectivity index (χ2v) is 6.66. The van der Waals surface area contributed by atoms with Crippen molar-refractivity contribution in [2.75, 3.05) is 13.6 Å². The fourth-order valence-corrected chi connectivity index (χ4v) is 3.22. The lowest BCUT2D eigenvalue weighted by Crippen LogP contribution is -2.41. The number of carbonyl (C=O) groups excluding carboxylic acids is 1. The molecule has 1 unspecified atom stereocenters. The van der Waals surface area contributed by atoms with Gasteiger partial charge in [-0.05, 0) is 41.8 Å². The number of amides is 1. The van der Waals surface area contributed by atoms with Crippen molar-refractivity contribution in [1.82, 2.24) is 10.3 Å². The van der Waals surface area contributed by atoms with Gasteiger partial charge in [-0.2, -0.15) is 5.10 Å². The van der Waals surface area contributed by atoms with E-state index in [0.717, 1.165) is 12.1 Å². The molecule has 2 heterocycles. The van der Waals surface area contributed by atoms with Gasteiger partial charge in [0.25, 0.3) is 5.91 Å². The molecule has 1 aliphatic heterocycles. The van der Waals surface area contributed by atoms with Crippen molar-refractivity contribution >= 4 is 23.7 Å². The molecule has 2 aromatic rings. The van der Waals surface area contributed by atoms with Gasteiger partial charge in [0.15, 0.2) is 22.6 Å². The highest BCUT2D eigenvalue weighted by Gasteiger charge is 2.27. The van der Waals surface area contributed by atoms with Gasteiger partial charge >= 0.3 is 0 Å². The van der Waals surface area contributed by atoms with E-state index in [1.54, 1.807) is 17.3 Å². The molecule has 0 fully saturated rings. The zero-order valence-electron chi connectivity index (χ0n) is 14.6. The summed E-state index contributed by atoms with van der Waals surface area (Å²) in [6.07, 6.45) is 2.68. The predicted octanol–water partition coefficient (Wildman–Crippen LogP) is 2.87. The summed E-state index contributed by atoms with van der Waals surface area (Å²) in [6, 6.07) is 4.59. The summed E-state index contributed by atoms with van der Waals surface area (Å²) in [5, 5.41) is 8.75. The van der Waals surface area contributed by atoms with Crippen LogP contribution in [0.2, 0.25) is 5.22 Å². The van der Waals surface area contributed by atoms with E-state index in [1.807, 2.05) is 7.05 Å². The summed E-state index contributed by atoms with van der Waals surface area (Å²) in [5.74, 6) is -2.30. The Bertz CT molecular complexity index is 871. The van der Waals surface area contributed by atoms with Gasteiger partial charge in [0.1, 0.15) is 0 Å². The maximum atomic E-state index is 13.4. The van der Waals surface area contributed by atoms with Crippen LogP contribution in [0, 0.1) is 11.6 Å². The van der Waals surface area contributed by atoms with E-state index in [4.69, 9.17) is 21.8 Å². The number of furan rings is 1. The molecule has 3 rings (SSSR count). The third-order valence-electron chi connectivity index (χ3n) is 4.43. The van der Waals surface area contributed by atoms with Crippen LogP contribution in [0.3, 0.4) is 0 Å². The van der Waals surface area contributed by atoms with Crippen molar-refractivity contribution in [3.63, 3.8) is 0 Å². The molecular weight excluding hydrogens is 378 g/mol. The van der Waals surface area contributed by atoms with E-state index >= 15 is 0 Å². The molecule has 3 N–H and O–H groups in total. The zero-order valence-corrected chi connectivity index (χ0v) is 15.3. The second kappa shape index (κ2) is 8.06. The number of halogens is 3. The Morgan fingerprint density at radius 3 is 2.85 bits per heavy atom. The molecule has 0 bridgehead atoms. The van der Waals surface area contributed by atoms with Crippen LogP contribution >= 0.6 is 11.6 Å². The highest BCUT2D eigenvalue weighted by Crippen LogP contribution is 2.34. The van der Waals surface area contributed by atoms with E-state index in [2.05, 4.69) is 10.4 Å². The Balaban J connectivity index is 1.69. The van der Waals surface area contributed by atoms with Gasteiger partial charge in [-0.1, -0.05) is 6.07 Å². The molecular formula is C18H19ClF2N4O2. The molecule has 2 atom stereocenters. The fraction of sp³-hybridized carbons (Fsp3) is 0.333. The van der Waals surface area contributed by atoms with Crippen molar-refractivity contribution in [1.29, 1.82) is 0 Å².